The minimum atomic E-state index is -0.106. The van der Waals surface area contributed by atoms with Gasteiger partial charge in [-0.25, -0.2) is 4.98 Å². The lowest BCUT2D eigenvalue weighted by atomic mass is 10.2. The number of aliphatic hydroxyl groups is 1. The summed E-state index contributed by atoms with van der Waals surface area (Å²) in [6, 6.07) is 2.03. The second-order valence-electron chi connectivity index (χ2n) is 4.01. The fraction of sp³-hybridized carbons (Fsp3) is 0.364. The molecular weight excluding hydrogens is 272 g/mol. The zero-order valence-electron chi connectivity index (χ0n) is 10.0. The summed E-state index contributed by atoms with van der Waals surface area (Å²) in [5, 5.41) is 21.9. The molecule has 96 valence electrons. The van der Waals surface area contributed by atoms with E-state index in [1.807, 2.05) is 13.8 Å². The van der Waals surface area contributed by atoms with Crippen molar-refractivity contribution < 1.29 is 5.11 Å². The third-order valence-electron chi connectivity index (χ3n) is 2.15. The third kappa shape index (κ3) is 2.95. The maximum atomic E-state index is 9.01. The van der Waals surface area contributed by atoms with Crippen LogP contribution in [0.3, 0.4) is 0 Å². The predicted octanol–water partition coefficient (Wildman–Crippen LogP) is 2.57. The molecule has 0 fully saturated rings. The van der Waals surface area contributed by atoms with E-state index in [0.29, 0.717) is 15.2 Å². The molecule has 2 N–H and O–H groups in total. The number of halogens is 1. The lowest BCUT2D eigenvalue weighted by molar-refractivity contribution is 0.280. The average molecular weight is 285 g/mol. The van der Waals surface area contributed by atoms with Gasteiger partial charge in [-0.1, -0.05) is 22.9 Å². The molecule has 0 amide bonds. The van der Waals surface area contributed by atoms with Crippen molar-refractivity contribution in [1.82, 2.24) is 15.2 Å². The molecular formula is C11H13ClN4OS. The van der Waals surface area contributed by atoms with Crippen molar-refractivity contribution in [2.45, 2.75) is 26.5 Å². The van der Waals surface area contributed by atoms with Gasteiger partial charge in [-0.15, -0.1) is 10.2 Å². The first kappa shape index (κ1) is 13.2. The molecule has 0 aliphatic rings. The van der Waals surface area contributed by atoms with E-state index in [9.17, 15) is 0 Å². The van der Waals surface area contributed by atoms with E-state index in [1.54, 1.807) is 12.3 Å². The van der Waals surface area contributed by atoms with E-state index in [1.165, 1.54) is 11.3 Å². The number of hydrogen-bond acceptors (Lipinski definition) is 6. The molecule has 0 aromatic carbocycles. The zero-order valence-corrected chi connectivity index (χ0v) is 11.6. The largest absolute Gasteiger partial charge is 0.389 e. The molecule has 0 saturated carbocycles. The molecule has 2 rings (SSSR count). The van der Waals surface area contributed by atoms with Gasteiger partial charge in [-0.3, -0.25) is 0 Å². The van der Waals surface area contributed by atoms with E-state index in [-0.39, 0.29) is 12.6 Å². The number of aromatic nitrogens is 3. The summed E-state index contributed by atoms with van der Waals surface area (Å²) >= 11 is 7.23. The van der Waals surface area contributed by atoms with Crippen LogP contribution in [0.4, 0.5) is 5.69 Å². The fourth-order valence-corrected chi connectivity index (χ4v) is 2.34. The van der Waals surface area contributed by atoms with Crippen LogP contribution in [0.5, 0.6) is 0 Å². The molecule has 18 heavy (non-hydrogen) atoms. The van der Waals surface area contributed by atoms with Gasteiger partial charge in [-0.2, -0.15) is 0 Å². The van der Waals surface area contributed by atoms with Gasteiger partial charge in [0.25, 0.3) is 0 Å². The molecule has 2 heterocycles. The van der Waals surface area contributed by atoms with E-state index < -0.39 is 0 Å². The monoisotopic (exact) mass is 284 g/mol. The number of hydrogen-bond donors (Lipinski definition) is 2. The molecule has 0 spiro atoms. The van der Waals surface area contributed by atoms with Gasteiger partial charge in [0, 0.05) is 17.9 Å². The Labute approximate surface area is 114 Å². The lowest BCUT2D eigenvalue weighted by Gasteiger charge is -2.13. The Bertz CT molecular complexity index is 544. The Balaban J connectivity index is 2.42. The van der Waals surface area contributed by atoms with Gasteiger partial charge in [0.05, 0.1) is 12.2 Å². The molecule has 7 heteroatoms. The Hall–Kier alpha value is -1.24. The van der Waals surface area contributed by atoms with Crippen molar-refractivity contribution in [2.24, 2.45) is 0 Å². The number of pyridine rings is 1. The van der Waals surface area contributed by atoms with Gasteiger partial charge in [-0.05, 0) is 19.9 Å². The van der Waals surface area contributed by atoms with Crippen molar-refractivity contribution in [1.29, 1.82) is 0 Å². The first-order valence-corrected chi connectivity index (χ1v) is 6.65. The van der Waals surface area contributed by atoms with E-state index in [0.717, 1.165) is 11.3 Å². The predicted molar refractivity (Wildman–Crippen MR) is 72.8 cm³/mol. The maximum Gasteiger partial charge on any atom is 0.151 e. The van der Waals surface area contributed by atoms with Crippen LogP contribution >= 0.6 is 22.9 Å². The number of nitrogens with zero attached hydrogens (tertiary/aromatic N) is 3. The molecule has 2 aromatic rings. The summed E-state index contributed by atoms with van der Waals surface area (Å²) in [5.74, 6) is 0. The van der Waals surface area contributed by atoms with Crippen LogP contribution in [-0.2, 0) is 6.61 Å². The quantitative estimate of drug-likeness (QED) is 0.845. The second kappa shape index (κ2) is 5.60. The van der Waals surface area contributed by atoms with Crippen LogP contribution < -0.4 is 5.32 Å². The lowest BCUT2D eigenvalue weighted by Crippen LogP contribution is -2.10. The second-order valence-corrected chi connectivity index (χ2v) is 5.46. The molecule has 0 saturated heterocycles. The molecule has 5 nitrogen and oxygen atoms in total. The molecule has 0 unspecified atom stereocenters. The highest BCUT2D eigenvalue weighted by Crippen LogP contribution is 2.31. The van der Waals surface area contributed by atoms with Crippen LogP contribution in [0.25, 0.3) is 10.6 Å². The minimum absolute atomic E-state index is 0.106. The van der Waals surface area contributed by atoms with Crippen molar-refractivity contribution >= 4 is 28.6 Å². The fourth-order valence-electron chi connectivity index (χ4n) is 1.46. The first-order chi connectivity index (χ1) is 8.60. The van der Waals surface area contributed by atoms with Crippen LogP contribution in [0.2, 0.25) is 5.15 Å². The highest BCUT2D eigenvalue weighted by atomic mass is 35.5. The molecule has 2 aromatic heterocycles. The Kier molecular flexibility index (Phi) is 4.11. The Morgan fingerprint density at radius 2 is 2.22 bits per heavy atom. The number of anilines is 1. The van der Waals surface area contributed by atoms with Crippen molar-refractivity contribution in [3.63, 3.8) is 0 Å². The SMILES string of the molecule is CC(C)Nc1cc(Cl)ncc1-c1nnc(CO)s1. The Morgan fingerprint density at radius 3 is 2.83 bits per heavy atom. The summed E-state index contributed by atoms with van der Waals surface area (Å²) < 4.78 is 0. The highest BCUT2D eigenvalue weighted by molar-refractivity contribution is 7.14. The van der Waals surface area contributed by atoms with Crippen LogP contribution in [0.15, 0.2) is 12.3 Å². The highest BCUT2D eigenvalue weighted by Gasteiger charge is 2.12. The van der Waals surface area contributed by atoms with Crippen molar-refractivity contribution in [3.8, 4) is 10.6 Å². The van der Waals surface area contributed by atoms with E-state index in [4.69, 9.17) is 16.7 Å². The van der Waals surface area contributed by atoms with Crippen LogP contribution in [0, 0.1) is 0 Å². The van der Waals surface area contributed by atoms with Gasteiger partial charge in [0.1, 0.15) is 10.2 Å². The maximum absolute atomic E-state index is 9.01. The van der Waals surface area contributed by atoms with Gasteiger partial charge >= 0.3 is 0 Å². The summed E-state index contributed by atoms with van der Waals surface area (Å²) in [6.07, 6.45) is 1.66. The van der Waals surface area contributed by atoms with E-state index >= 15 is 0 Å². The average Bonchev–Trinajstić information content (AvgIpc) is 2.77. The van der Waals surface area contributed by atoms with Crippen molar-refractivity contribution in [3.05, 3.63) is 22.4 Å². The van der Waals surface area contributed by atoms with Gasteiger partial charge in [0.2, 0.25) is 0 Å². The molecule has 0 aliphatic carbocycles. The standard InChI is InChI=1S/C11H13ClN4OS/c1-6(2)14-8-3-9(12)13-4-7(8)11-16-15-10(5-17)18-11/h3-4,6,17H,5H2,1-2H3,(H,13,14). The molecule has 0 atom stereocenters. The number of nitrogens with one attached hydrogen (secondary N) is 1. The van der Waals surface area contributed by atoms with E-state index in [2.05, 4.69) is 20.5 Å². The number of rotatable bonds is 4. The summed E-state index contributed by atoms with van der Waals surface area (Å²) in [6.45, 7) is 3.97. The summed E-state index contributed by atoms with van der Waals surface area (Å²) in [5.41, 5.74) is 1.70. The molecule has 0 aliphatic heterocycles. The molecule has 0 bridgehead atoms. The topological polar surface area (TPSA) is 70.9 Å². The van der Waals surface area contributed by atoms with Crippen molar-refractivity contribution in [2.75, 3.05) is 5.32 Å². The zero-order chi connectivity index (χ0) is 13.1. The molecule has 0 radical (unpaired) electrons. The summed E-state index contributed by atoms with van der Waals surface area (Å²) in [7, 11) is 0. The van der Waals surface area contributed by atoms with Crippen LogP contribution in [-0.4, -0.2) is 26.3 Å². The number of aliphatic hydroxyl groups excluding tert-OH is 1. The normalized spacial score (nSPS) is 10.9. The third-order valence-corrected chi connectivity index (χ3v) is 3.30. The van der Waals surface area contributed by atoms with Crippen LogP contribution in [0.1, 0.15) is 18.9 Å². The first-order valence-electron chi connectivity index (χ1n) is 5.46. The Morgan fingerprint density at radius 1 is 1.44 bits per heavy atom. The summed E-state index contributed by atoms with van der Waals surface area (Å²) in [4.78, 5) is 4.06. The van der Waals surface area contributed by atoms with Gasteiger partial charge < -0.3 is 10.4 Å². The van der Waals surface area contributed by atoms with Gasteiger partial charge in [0.15, 0.2) is 5.01 Å². The minimum Gasteiger partial charge on any atom is -0.389 e. The smallest absolute Gasteiger partial charge is 0.151 e.